The van der Waals surface area contributed by atoms with Crippen molar-refractivity contribution in [2.45, 2.75) is 13.0 Å². The van der Waals surface area contributed by atoms with E-state index in [1.54, 1.807) is 6.07 Å². The molecule has 0 spiro atoms. The maximum Gasteiger partial charge on any atom is 0.134 e. The summed E-state index contributed by atoms with van der Waals surface area (Å²) in [6, 6.07) is 5.14. The maximum absolute atomic E-state index is 13.8. The molecule has 0 radical (unpaired) electrons. The van der Waals surface area contributed by atoms with Crippen LogP contribution in [0.5, 0.6) is 5.75 Å². The summed E-state index contributed by atoms with van der Waals surface area (Å²) < 4.78 is 32.5. The molecule has 18 heavy (non-hydrogen) atoms. The lowest BCUT2D eigenvalue weighted by Crippen LogP contribution is -2.14. The number of halogens is 2. The molecule has 0 saturated carbocycles. The van der Waals surface area contributed by atoms with Gasteiger partial charge in [-0.2, -0.15) is 0 Å². The average molecular weight is 269 g/mol. The number of aryl methyl sites for hydroxylation is 1. The normalized spacial score (nSPS) is 12.5. The van der Waals surface area contributed by atoms with E-state index in [1.165, 1.54) is 18.4 Å². The van der Waals surface area contributed by atoms with E-state index in [9.17, 15) is 8.78 Å². The van der Waals surface area contributed by atoms with E-state index in [4.69, 9.17) is 10.5 Å². The molecule has 96 valence electrons. The number of thiophene rings is 1. The second-order valence-corrected chi connectivity index (χ2v) is 5.25. The third kappa shape index (κ3) is 2.37. The first-order valence-corrected chi connectivity index (χ1v) is 6.19. The minimum absolute atomic E-state index is 0.127. The summed E-state index contributed by atoms with van der Waals surface area (Å²) in [5, 5.41) is 0. The van der Waals surface area contributed by atoms with Crippen molar-refractivity contribution in [1.82, 2.24) is 0 Å². The van der Waals surface area contributed by atoms with Crippen molar-refractivity contribution >= 4 is 11.3 Å². The highest BCUT2D eigenvalue weighted by molar-refractivity contribution is 7.12. The molecule has 0 amide bonds. The topological polar surface area (TPSA) is 35.2 Å². The number of rotatable bonds is 3. The first-order valence-electron chi connectivity index (χ1n) is 5.37. The Balaban J connectivity index is 2.44. The molecule has 1 atom stereocenters. The van der Waals surface area contributed by atoms with Gasteiger partial charge in [-0.05, 0) is 19.1 Å². The van der Waals surface area contributed by atoms with E-state index in [-0.39, 0.29) is 11.3 Å². The largest absolute Gasteiger partial charge is 0.497 e. The second-order valence-electron chi connectivity index (χ2n) is 3.93. The smallest absolute Gasteiger partial charge is 0.134 e. The fraction of sp³-hybridized carbons (Fsp3) is 0.231. The van der Waals surface area contributed by atoms with Gasteiger partial charge in [0.25, 0.3) is 0 Å². The lowest BCUT2D eigenvalue weighted by atomic mass is 10.0. The van der Waals surface area contributed by atoms with E-state index < -0.39 is 17.7 Å². The van der Waals surface area contributed by atoms with Crippen LogP contribution in [0.15, 0.2) is 24.3 Å². The minimum atomic E-state index is -0.797. The summed E-state index contributed by atoms with van der Waals surface area (Å²) in [6.45, 7) is 1.92. The lowest BCUT2D eigenvalue weighted by molar-refractivity contribution is 0.404. The van der Waals surface area contributed by atoms with Crippen LogP contribution in [0.25, 0.3) is 0 Å². The number of methoxy groups -OCH3 is 1. The summed E-state index contributed by atoms with van der Waals surface area (Å²) >= 11 is 1.43. The third-order valence-electron chi connectivity index (χ3n) is 2.67. The van der Waals surface area contributed by atoms with Crippen LogP contribution in [-0.4, -0.2) is 7.11 Å². The molecule has 1 unspecified atom stereocenters. The molecule has 2 aromatic rings. The Kier molecular flexibility index (Phi) is 3.63. The molecule has 0 aliphatic carbocycles. The predicted molar refractivity (Wildman–Crippen MR) is 68.0 cm³/mol. The van der Waals surface area contributed by atoms with Crippen LogP contribution < -0.4 is 10.5 Å². The quantitative estimate of drug-likeness (QED) is 0.927. The Bertz CT molecular complexity index is 545. The van der Waals surface area contributed by atoms with Crippen LogP contribution in [0.4, 0.5) is 8.78 Å². The van der Waals surface area contributed by atoms with Gasteiger partial charge in [-0.1, -0.05) is 0 Å². The molecule has 0 aliphatic heterocycles. The number of ether oxygens (including phenoxy) is 1. The lowest BCUT2D eigenvalue weighted by Gasteiger charge is -2.13. The van der Waals surface area contributed by atoms with Crippen molar-refractivity contribution in [3.8, 4) is 5.75 Å². The fourth-order valence-electron chi connectivity index (χ4n) is 1.74. The molecule has 0 fully saturated rings. The highest BCUT2D eigenvalue weighted by Gasteiger charge is 2.20. The Morgan fingerprint density at radius 3 is 2.28 bits per heavy atom. The van der Waals surface area contributed by atoms with Crippen molar-refractivity contribution < 1.29 is 13.5 Å². The number of hydrogen-bond donors (Lipinski definition) is 1. The molecular formula is C13H13F2NOS. The molecule has 5 heteroatoms. The van der Waals surface area contributed by atoms with Gasteiger partial charge in [0.1, 0.15) is 17.4 Å². The molecule has 0 bridgehead atoms. The molecule has 2 rings (SSSR count). The molecular weight excluding hydrogens is 256 g/mol. The van der Waals surface area contributed by atoms with Crippen LogP contribution in [0.3, 0.4) is 0 Å². The van der Waals surface area contributed by atoms with E-state index in [0.29, 0.717) is 0 Å². The Morgan fingerprint density at radius 1 is 1.22 bits per heavy atom. The molecule has 1 aromatic carbocycles. The predicted octanol–water partition coefficient (Wildman–Crippen LogP) is 3.39. The van der Waals surface area contributed by atoms with Gasteiger partial charge in [0.15, 0.2) is 0 Å². The number of nitrogens with two attached hydrogens (primary N) is 1. The van der Waals surface area contributed by atoms with E-state index >= 15 is 0 Å². The average Bonchev–Trinajstić information content (AvgIpc) is 2.74. The van der Waals surface area contributed by atoms with Crippen molar-refractivity contribution in [3.63, 3.8) is 0 Å². The Hall–Kier alpha value is -1.46. The van der Waals surface area contributed by atoms with Gasteiger partial charge in [0.05, 0.1) is 13.2 Å². The van der Waals surface area contributed by atoms with Gasteiger partial charge in [-0.25, -0.2) is 8.78 Å². The summed E-state index contributed by atoms with van der Waals surface area (Å²) in [6.07, 6.45) is 0. The summed E-state index contributed by atoms with van der Waals surface area (Å²) in [4.78, 5) is 1.78. The van der Waals surface area contributed by atoms with Crippen LogP contribution in [0.2, 0.25) is 0 Å². The molecule has 0 aliphatic rings. The van der Waals surface area contributed by atoms with Gasteiger partial charge in [-0.3, -0.25) is 0 Å². The number of hydrogen-bond acceptors (Lipinski definition) is 3. The highest BCUT2D eigenvalue weighted by Crippen LogP contribution is 2.31. The van der Waals surface area contributed by atoms with Crippen LogP contribution in [-0.2, 0) is 0 Å². The van der Waals surface area contributed by atoms with Crippen molar-refractivity contribution in [3.05, 3.63) is 51.2 Å². The van der Waals surface area contributed by atoms with E-state index in [2.05, 4.69) is 0 Å². The van der Waals surface area contributed by atoms with Gasteiger partial charge in [-0.15, -0.1) is 11.3 Å². The number of benzene rings is 1. The van der Waals surface area contributed by atoms with Gasteiger partial charge in [0.2, 0.25) is 0 Å². The second kappa shape index (κ2) is 5.04. The van der Waals surface area contributed by atoms with E-state index in [0.717, 1.165) is 21.9 Å². The van der Waals surface area contributed by atoms with Crippen LogP contribution >= 0.6 is 11.3 Å². The third-order valence-corrected chi connectivity index (χ3v) is 3.75. The van der Waals surface area contributed by atoms with Crippen LogP contribution in [0, 0.1) is 18.6 Å². The molecule has 0 saturated heterocycles. The summed E-state index contributed by atoms with van der Waals surface area (Å²) in [7, 11) is 1.36. The zero-order chi connectivity index (χ0) is 13.3. The molecule has 2 N–H and O–H groups in total. The van der Waals surface area contributed by atoms with Gasteiger partial charge < -0.3 is 10.5 Å². The van der Waals surface area contributed by atoms with Gasteiger partial charge in [0, 0.05) is 27.5 Å². The first kappa shape index (κ1) is 13.0. The summed E-state index contributed by atoms with van der Waals surface area (Å²) in [5.41, 5.74) is 5.79. The van der Waals surface area contributed by atoms with E-state index in [1.807, 2.05) is 13.0 Å². The highest BCUT2D eigenvalue weighted by atomic mass is 32.1. The van der Waals surface area contributed by atoms with Gasteiger partial charge >= 0.3 is 0 Å². The van der Waals surface area contributed by atoms with Crippen molar-refractivity contribution in [2.75, 3.05) is 7.11 Å². The minimum Gasteiger partial charge on any atom is -0.497 e. The molecule has 1 aromatic heterocycles. The summed E-state index contributed by atoms with van der Waals surface area (Å²) in [5.74, 6) is -1.24. The zero-order valence-corrected chi connectivity index (χ0v) is 10.9. The van der Waals surface area contributed by atoms with Crippen LogP contribution in [0.1, 0.15) is 21.4 Å². The molecule has 2 nitrogen and oxygen atoms in total. The Labute approximate surface area is 108 Å². The van der Waals surface area contributed by atoms with Crippen molar-refractivity contribution in [1.29, 1.82) is 0 Å². The fourth-order valence-corrected chi connectivity index (χ4v) is 2.63. The first-order chi connectivity index (χ1) is 8.52. The zero-order valence-electron chi connectivity index (χ0n) is 10.0. The van der Waals surface area contributed by atoms with Crippen molar-refractivity contribution in [2.24, 2.45) is 5.73 Å². The monoisotopic (exact) mass is 269 g/mol. The molecule has 1 heterocycles. The Morgan fingerprint density at radius 2 is 1.83 bits per heavy atom. The maximum atomic E-state index is 13.8. The standard InChI is InChI=1S/C13H13F2NOS/c1-7-3-4-11(18-7)13(16)12-9(14)5-8(17-2)6-10(12)15/h3-6,13H,16H2,1-2H3. The SMILES string of the molecule is COc1cc(F)c(C(N)c2ccc(C)s2)c(F)c1.